The van der Waals surface area contributed by atoms with Crippen LogP contribution in [0.15, 0.2) is 40.9 Å². The molecule has 0 aliphatic carbocycles. The van der Waals surface area contributed by atoms with Crippen LogP contribution < -0.4 is 0 Å². The van der Waals surface area contributed by atoms with Gasteiger partial charge in [0.25, 0.3) is 0 Å². The van der Waals surface area contributed by atoms with Gasteiger partial charge in [0, 0.05) is 45.3 Å². The monoisotopic (exact) mass is 356 g/mol. The average molecular weight is 356 g/mol. The first-order valence-corrected chi connectivity index (χ1v) is 9.32. The van der Waals surface area contributed by atoms with Crippen LogP contribution in [-0.4, -0.2) is 65.0 Å². The van der Waals surface area contributed by atoms with Gasteiger partial charge in [-0.1, -0.05) is 35.5 Å². The second-order valence-electron chi connectivity index (χ2n) is 6.88. The number of aryl methyl sites for hydroxylation is 1. The molecule has 1 amide bonds. The Bertz CT molecular complexity index is 693. The molecule has 140 valence electrons. The Morgan fingerprint density at radius 1 is 1.15 bits per heavy atom. The predicted molar refractivity (Wildman–Crippen MR) is 100 cm³/mol. The molecule has 1 aromatic carbocycles. The van der Waals surface area contributed by atoms with Crippen LogP contribution in [0, 0.1) is 6.92 Å². The molecule has 3 rings (SSSR count). The van der Waals surface area contributed by atoms with E-state index in [0.717, 1.165) is 50.7 Å². The van der Waals surface area contributed by atoms with Crippen LogP contribution in [0.25, 0.3) is 0 Å². The molecule has 1 saturated heterocycles. The van der Waals surface area contributed by atoms with Crippen LogP contribution in [0.1, 0.15) is 23.9 Å². The minimum absolute atomic E-state index is 0.204. The van der Waals surface area contributed by atoms with E-state index < -0.39 is 0 Å². The van der Waals surface area contributed by atoms with Gasteiger partial charge in [-0.3, -0.25) is 14.6 Å². The lowest BCUT2D eigenvalue weighted by molar-refractivity contribution is -0.133. The smallest absolute Gasteiger partial charge is 0.237 e. The molecule has 0 unspecified atom stereocenters. The Morgan fingerprint density at radius 3 is 2.46 bits per heavy atom. The summed E-state index contributed by atoms with van der Waals surface area (Å²) in [5.41, 5.74) is 2.09. The van der Waals surface area contributed by atoms with Crippen LogP contribution in [0.4, 0.5) is 0 Å². The first-order valence-electron chi connectivity index (χ1n) is 9.32. The highest BCUT2D eigenvalue weighted by Crippen LogP contribution is 2.11. The van der Waals surface area contributed by atoms with Gasteiger partial charge in [0.15, 0.2) is 5.76 Å². The summed E-state index contributed by atoms with van der Waals surface area (Å²) in [7, 11) is 0. The molecule has 0 N–H and O–H groups in total. The van der Waals surface area contributed by atoms with E-state index in [-0.39, 0.29) is 5.91 Å². The number of likely N-dealkylation sites (N-methyl/N-ethyl adjacent to an activating group) is 1. The van der Waals surface area contributed by atoms with Crippen LogP contribution in [0.2, 0.25) is 0 Å². The minimum atomic E-state index is 0.204. The third kappa shape index (κ3) is 5.16. The highest BCUT2D eigenvalue weighted by molar-refractivity contribution is 5.78. The number of piperazine rings is 1. The van der Waals surface area contributed by atoms with Crippen molar-refractivity contribution in [1.82, 2.24) is 19.9 Å². The topological polar surface area (TPSA) is 52.8 Å². The molecule has 6 nitrogen and oxygen atoms in total. The number of hydrogen-bond donors (Lipinski definition) is 0. The van der Waals surface area contributed by atoms with Crippen molar-refractivity contribution in [3.8, 4) is 0 Å². The van der Waals surface area contributed by atoms with Crippen LogP contribution in [-0.2, 0) is 17.9 Å². The molecule has 1 fully saturated rings. The first kappa shape index (κ1) is 18.6. The summed E-state index contributed by atoms with van der Waals surface area (Å²) >= 11 is 0. The first-order chi connectivity index (χ1) is 12.6. The standard InChI is InChI=1S/C20H28N4O2/c1-3-24(14-18-7-5-4-6-8-18)20(25)16-23-11-9-22(10-12-23)15-19-13-17(2)21-26-19/h4-8,13H,3,9-12,14-16H2,1-2H3. The van der Waals surface area contributed by atoms with Crippen molar-refractivity contribution in [2.75, 3.05) is 39.3 Å². The molecule has 6 heteroatoms. The largest absolute Gasteiger partial charge is 0.360 e. The molecule has 2 heterocycles. The Morgan fingerprint density at radius 2 is 1.85 bits per heavy atom. The molecular formula is C20H28N4O2. The van der Waals surface area contributed by atoms with Gasteiger partial charge in [-0.2, -0.15) is 0 Å². The van der Waals surface area contributed by atoms with E-state index in [1.165, 1.54) is 5.56 Å². The molecule has 0 radical (unpaired) electrons. The van der Waals surface area contributed by atoms with Crippen molar-refractivity contribution >= 4 is 5.91 Å². The van der Waals surface area contributed by atoms with E-state index in [1.807, 2.05) is 43.0 Å². The lowest BCUT2D eigenvalue weighted by Gasteiger charge is -2.34. The molecular weight excluding hydrogens is 328 g/mol. The minimum Gasteiger partial charge on any atom is -0.360 e. The molecule has 0 bridgehead atoms. The zero-order chi connectivity index (χ0) is 18.4. The summed E-state index contributed by atoms with van der Waals surface area (Å²) in [5, 5.41) is 3.94. The summed E-state index contributed by atoms with van der Waals surface area (Å²) in [6.07, 6.45) is 0. The Labute approximate surface area is 155 Å². The SMILES string of the molecule is CCN(Cc1ccccc1)C(=O)CN1CCN(Cc2cc(C)no2)CC1. The van der Waals surface area contributed by atoms with Crippen molar-refractivity contribution in [2.45, 2.75) is 26.9 Å². The second-order valence-corrected chi connectivity index (χ2v) is 6.88. The fraction of sp³-hybridized carbons (Fsp3) is 0.500. The summed E-state index contributed by atoms with van der Waals surface area (Å²) in [6.45, 7) is 10.4. The van der Waals surface area contributed by atoms with Gasteiger partial charge in [-0.15, -0.1) is 0 Å². The molecule has 0 spiro atoms. The van der Waals surface area contributed by atoms with Gasteiger partial charge in [0.1, 0.15) is 0 Å². The van der Waals surface area contributed by atoms with Crippen molar-refractivity contribution < 1.29 is 9.32 Å². The number of nitrogens with zero attached hydrogens (tertiary/aromatic N) is 4. The number of amides is 1. The van der Waals surface area contributed by atoms with Gasteiger partial charge in [0.2, 0.25) is 5.91 Å². The maximum atomic E-state index is 12.7. The van der Waals surface area contributed by atoms with E-state index in [0.29, 0.717) is 13.1 Å². The van der Waals surface area contributed by atoms with Gasteiger partial charge < -0.3 is 9.42 Å². The van der Waals surface area contributed by atoms with Crippen molar-refractivity contribution in [2.24, 2.45) is 0 Å². The lowest BCUT2D eigenvalue weighted by atomic mass is 10.2. The number of benzene rings is 1. The van der Waals surface area contributed by atoms with Gasteiger partial charge in [-0.25, -0.2) is 0 Å². The summed E-state index contributed by atoms with van der Waals surface area (Å²) < 4.78 is 5.29. The van der Waals surface area contributed by atoms with E-state index in [2.05, 4.69) is 27.1 Å². The van der Waals surface area contributed by atoms with Gasteiger partial charge >= 0.3 is 0 Å². The van der Waals surface area contributed by atoms with E-state index >= 15 is 0 Å². The highest BCUT2D eigenvalue weighted by Gasteiger charge is 2.22. The molecule has 2 aromatic rings. The molecule has 1 aromatic heterocycles. The predicted octanol–water partition coefficient (Wildman–Crippen LogP) is 2.15. The molecule has 0 atom stereocenters. The third-order valence-electron chi connectivity index (χ3n) is 4.83. The van der Waals surface area contributed by atoms with Crippen molar-refractivity contribution in [1.29, 1.82) is 0 Å². The van der Waals surface area contributed by atoms with Crippen LogP contribution in [0.3, 0.4) is 0 Å². The summed E-state index contributed by atoms with van der Waals surface area (Å²) in [5.74, 6) is 1.11. The zero-order valence-corrected chi connectivity index (χ0v) is 15.7. The quantitative estimate of drug-likeness (QED) is 0.761. The number of carbonyl (C=O) groups is 1. The fourth-order valence-corrected chi connectivity index (χ4v) is 3.29. The summed E-state index contributed by atoms with van der Waals surface area (Å²) in [6, 6.07) is 12.2. The molecule has 26 heavy (non-hydrogen) atoms. The lowest BCUT2D eigenvalue weighted by Crippen LogP contribution is -2.49. The van der Waals surface area contributed by atoms with Gasteiger partial charge in [0.05, 0.1) is 18.8 Å². The van der Waals surface area contributed by atoms with Crippen molar-refractivity contribution in [3.05, 3.63) is 53.4 Å². The molecule has 1 aliphatic heterocycles. The van der Waals surface area contributed by atoms with Crippen LogP contribution >= 0.6 is 0 Å². The summed E-state index contributed by atoms with van der Waals surface area (Å²) in [4.78, 5) is 19.2. The second kappa shape index (κ2) is 8.96. The zero-order valence-electron chi connectivity index (χ0n) is 15.7. The Hall–Kier alpha value is -2.18. The third-order valence-corrected chi connectivity index (χ3v) is 4.83. The molecule has 1 aliphatic rings. The van der Waals surface area contributed by atoms with Crippen LogP contribution in [0.5, 0.6) is 0 Å². The maximum Gasteiger partial charge on any atom is 0.237 e. The molecule has 0 saturated carbocycles. The van der Waals surface area contributed by atoms with E-state index in [1.54, 1.807) is 0 Å². The average Bonchev–Trinajstić information content (AvgIpc) is 3.07. The van der Waals surface area contributed by atoms with Crippen molar-refractivity contribution in [3.63, 3.8) is 0 Å². The normalized spacial score (nSPS) is 15.9. The van der Waals surface area contributed by atoms with Gasteiger partial charge in [-0.05, 0) is 19.4 Å². The maximum absolute atomic E-state index is 12.7. The number of hydrogen-bond acceptors (Lipinski definition) is 5. The number of carbonyl (C=O) groups excluding carboxylic acids is 1. The Balaban J connectivity index is 1.44. The van der Waals surface area contributed by atoms with E-state index in [9.17, 15) is 4.79 Å². The Kier molecular flexibility index (Phi) is 6.41. The number of aromatic nitrogens is 1. The fourth-order valence-electron chi connectivity index (χ4n) is 3.29. The highest BCUT2D eigenvalue weighted by atomic mass is 16.5. The van der Waals surface area contributed by atoms with E-state index in [4.69, 9.17) is 4.52 Å². The number of rotatable bonds is 7.